The second kappa shape index (κ2) is 6.08. The van der Waals surface area contributed by atoms with Crippen LogP contribution in [-0.4, -0.2) is 43.7 Å². The predicted molar refractivity (Wildman–Crippen MR) is 59.4 cm³/mol. The summed E-state index contributed by atoms with van der Waals surface area (Å²) in [6.07, 6.45) is 2.93. The van der Waals surface area contributed by atoms with Gasteiger partial charge in [0.25, 0.3) is 0 Å². The van der Waals surface area contributed by atoms with Gasteiger partial charge in [0, 0.05) is 20.2 Å². The van der Waals surface area contributed by atoms with Crippen molar-refractivity contribution >= 4 is 5.91 Å². The molecule has 2 N–H and O–H groups in total. The minimum absolute atomic E-state index is 0.0957. The Morgan fingerprint density at radius 1 is 1.67 bits per heavy atom. The third kappa shape index (κ3) is 3.47. The van der Waals surface area contributed by atoms with Crippen molar-refractivity contribution in [3.05, 3.63) is 0 Å². The molecule has 0 saturated carbocycles. The van der Waals surface area contributed by atoms with Gasteiger partial charge >= 0.3 is 0 Å². The summed E-state index contributed by atoms with van der Waals surface area (Å²) in [5.74, 6) is 0.579. The lowest BCUT2D eigenvalue weighted by atomic mass is 9.98. The van der Waals surface area contributed by atoms with Crippen molar-refractivity contribution < 1.29 is 9.53 Å². The molecule has 0 aromatic carbocycles. The highest BCUT2D eigenvalue weighted by atomic mass is 16.5. The maximum Gasteiger partial charge on any atom is 0.239 e. The first kappa shape index (κ1) is 12.5. The molecule has 2 atom stereocenters. The van der Waals surface area contributed by atoms with E-state index in [4.69, 9.17) is 10.5 Å². The summed E-state index contributed by atoms with van der Waals surface area (Å²) in [6.45, 7) is 4.34. The van der Waals surface area contributed by atoms with E-state index in [1.165, 1.54) is 0 Å². The molecule has 1 aliphatic rings. The Morgan fingerprint density at radius 3 is 3.00 bits per heavy atom. The molecular weight excluding hydrogens is 192 g/mol. The summed E-state index contributed by atoms with van der Waals surface area (Å²) >= 11 is 0. The molecule has 1 rings (SSSR count). The lowest BCUT2D eigenvalue weighted by molar-refractivity contribution is -0.134. The zero-order chi connectivity index (χ0) is 11.3. The Kier molecular flexibility index (Phi) is 5.05. The quantitative estimate of drug-likeness (QED) is 0.746. The van der Waals surface area contributed by atoms with E-state index in [1.807, 2.05) is 11.8 Å². The second-order valence-corrected chi connectivity index (χ2v) is 4.26. The Labute approximate surface area is 91.8 Å². The van der Waals surface area contributed by atoms with Crippen LogP contribution in [-0.2, 0) is 9.53 Å². The topological polar surface area (TPSA) is 55.6 Å². The van der Waals surface area contributed by atoms with Gasteiger partial charge in [-0.1, -0.05) is 6.92 Å². The molecule has 1 unspecified atom stereocenters. The number of ether oxygens (including phenoxy) is 1. The SMILES string of the molecule is CC[C@H](N)C(=O)N1CCCC(COC)C1. The van der Waals surface area contributed by atoms with Crippen LogP contribution in [0.4, 0.5) is 0 Å². The monoisotopic (exact) mass is 214 g/mol. The smallest absolute Gasteiger partial charge is 0.239 e. The van der Waals surface area contributed by atoms with Gasteiger partial charge in [-0.2, -0.15) is 0 Å². The van der Waals surface area contributed by atoms with E-state index in [0.29, 0.717) is 12.3 Å². The normalized spacial score (nSPS) is 23.9. The number of carbonyl (C=O) groups excluding carboxylic acids is 1. The summed E-state index contributed by atoms with van der Waals surface area (Å²) in [5.41, 5.74) is 5.74. The Balaban J connectivity index is 2.44. The molecule has 1 aliphatic heterocycles. The summed E-state index contributed by atoms with van der Waals surface area (Å²) in [7, 11) is 1.71. The van der Waals surface area contributed by atoms with E-state index in [9.17, 15) is 4.79 Å². The zero-order valence-corrected chi connectivity index (χ0v) is 9.74. The van der Waals surface area contributed by atoms with Crippen LogP contribution in [0.1, 0.15) is 26.2 Å². The van der Waals surface area contributed by atoms with Gasteiger partial charge in [0.05, 0.1) is 12.6 Å². The largest absolute Gasteiger partial charge is 0.384 e. The molecule has 0 aromatic heterocycles. The van der Waals surface area contributed by atoms with E-state index >= 15 is 0 Å². The molecule has 0 radical (unpaired) electrons. The zero-order valence-electron chi connectivity index (χ0n) is 9.74. The van der Waals surface area contributed by atoms with Crippen molar-refractivity contribution in [1.29, 1.82) is 0 Å². The highest BCUT2D eigenvalue weighted by Gasteiger charge is 2.25. The maximum absolute atomic E-state index is 11.8. The fraction of sp³-hybridized carbons (Fsp3) is 0.909. The van der Waals surface area contributed by atoms with Crippen LogP contribution >= 0.6 is 0 Å². The molecule has 0 aliphatic carbocycles. The van der Waals surface area contributed by atoms with Gasteiger partial charge in [-0.15, -0.1) is 0 Å². The minimum atomic E-state index is -0.328. The van der Waals surface area contributed by atoms with Crippen molar-refractivity contribution in [3.63, 3.8) is 0 Å². The third-order valence-corrected chi connectivity index (χ3v) is 2.99. The van der Waals surface area contributed by atoms with Crippen LogP contribution < -0.4 is 5.73 Å². The van der Waals surface area contributed by atoms with Crippen molar-refractivity contribution in [3.8, 4) is 0 Å². The molecule has 1 amide bonds. The Morgan fingerprint density at radius 2 is 2.40 bits per heavy atom. The number of hydrogen-bond donors (Lipinski definition) is 1. The standard InChI is InChI=1S/C11H22N2O2/c1-3-10(12)11(14)13-6-4-5-9(7-13)8-15-2/h9-10H,3-8,12H2,1-2H3/t9?,10-/m0/s1. The van der Waals surface area contributed by atoms with Gasteiger partial charge < -0.3 is 15.4 Å². The first-order valence-electron chi connectivity index (χ1n) is 5.72. The summed E-state index contributed by atoms with van der Waals surface area (Å²) in [4.78, 5) is 13.7. The highest BCUT2D eigenvalue weighted by Crippen LogP contribution is 2.17. The number of methoxy groups -OCH3 is 1. The van der Waals surface area contributed by atoms with Crippen LogP contribution in [0.15, 0.2) is 0 Å². The highest BCUT2D eigenvalue weighted by molar-refractivity contribution is 5.81. The average molecular weight is 214 g/mol. The van der Waals surface area contributed by atoms with Crippen molar-refractivity contribution in [2.45, 2.75) is 32.2 Å². The van der Waals surface area contributed by atoms with Crippen molar-refractivity contribution in [2.24, 2.45) is 11.7 Å². The molecule has 0 bridgehead atoms. The van der Waals surface area contributed by atoms with Crippen molar-refractivity contribution in [1.82, 2.24) is 4.90 Å². The molecule has 1 saturated heterocycles. The first-order chi connectivity index (χ1) is 7.19. The van der Waals surface area contributed by atoms with Gasteiger partial charge in [-0.3, -0.25) is 4.79 Å². The number of hydrogen-bond acceptors (Lipinski definition) is 3. The molecule has 4 heteroatoms. The van der Waals surface area contributed by atoms with E-state index in [0.717, 1.165) is 32.5 Å². The molecule has 88 valence electrons. The van der Waals surface area contributed by atoms with E-state index in [1.54, 1.807) is 7.11 Å². The number of carbonyl (C=O) groups is 1. The van der Waals surface area contributed by atoms with Gasteiger partial charge in [-0.05, 0) is 25.2 Å². The molecule has 0 aromatic rings. The molecule has 4 nitrogen and oxygen atoms in total. The Bertz CT molecular complexity index is 207. The number of likely N-dealkylation sites (tertiary alicyclic amines) is 1. The van der Waals surface area contributed by atoms with Gasteiger partial charge in [0.2, 0.25) is 5.91 Å². The van der Waals surface area contributed by atoms with Crippen LogP contribution in [0, 0.1) is 5.92 Å². The van der Waals surface area contributed by atoms with Gasteiger partial charge in [0.1, 0.15) is 0 Å². The number of nitrogens with zero attached hydrogens (tertiary/aromatic N) is 1. The summed E-state index contributed by atoms with van der Waals surface area (Å²) < 4.78 is 5.13. The predicted octanol–water partition coefficient (Wildman–Crippen LogP) is 0.609. The average Bonchev–Trinajstić information content (AvgIpc) is 2.28. The van der Waals surface area contributed by atoms with E-state index in [-0.39, 0.29) is 11.9 Å². The van der Waals surface area contributed by atoms with Crippen LogP contribution in [0.5, 0.6) is 0 Å². The number of amides is 1. The molecule has 1 fully saturated rings. The first-order valence-corrected chi connectivity index (χ1v) is 5.72. The molecule has 15 heavy (non-hydrogen) atoms. The maximum atomic E-state index is 11.8. The lowest BCUT2D eigenvalue weighted by Crippen LogP contribution is -2.48. The summed E-state index contributed by atoms with van der Waals surface area (Å²) in [5, 5.41) is 0. The number of nitrogens with two attached hydrogens (primary N) is 1. The van der Waals surface area contributed by atoms with Crippen LogP contribution in [0.25, 0.3) is 0 Å². The molecule has 0 spiro atoms. The third-order valence-electron chi connectivity index (χ3n) is 2.99. The molecular formula is C11H22N2O2. The minimum Gasteiger partial charge on any atom is -0.384 e. The van der Waals surface area contributed by atoms with Crippen LogP contribution in [0.2, 0.25) is 0 Å². The van der Waals surface area contributed by atoms with E-state index < -0.39 is 0 Å². The van der Waals surface area contributed by atoms with Gasteiger partial charge in [-0.25, -0.2) is 0 Å². The fourth-order valence-corrected chi connectivity index (χ4v) is 2.05. The van der Waals surface area contributed by atoms with Crippen LogP contribution in [0.3, 0.4) is 0 Å². The fourth-order valence-electron chi connectivity index (χ4n) is 2.05. The number of rotatable bonds is 4. The van der Waals surface area contributed by atoms with Gasteiger partial charge in [0.15, 0.2) is 0 Å². The van der Waals surface area contributed by atoms with Crippen molar-refractivity contribution in [2.75, 3.05) is 26.8 Å². The lowest BCUT2D eigenvalue weighted by Gasteiger charge is -2.33. The molecule has 1 heterocycles. The Hall–Kier alpha value is -0.610. The second-order valence-electron chi connectivity index (χ2n) is 4.26. The van der Waals surface area contributed by atoms with E-state index in [2.05, 4.69) is 0 Å². The number of piperidine rings is 1. The summed E-state index contributed by atoms with van der Waals surface area (Å²) in [6, 6.07) is -0.328.